The molecule has 5 heteroatoms. The third kappa shape index (κ3) is 3.59. The topological polar surface area (TPSA) is 41.9 Å². The molecule has 1 aliphatic rings. The molecule has 4 nitrogen and oxygen atoms in total. The molecule has 0 radical (unpaired) electrons. The summed E-state index contributed by atoms with van der Waals surface area (Å²) in [5.74, 6) is 0.783. The number of nitrogens with zero attached hydrogens (tertiary/aromatic N) is 4. The monoisotopic (exact) mass is 384 g/mol. The zero-order valence-corrected chi connectivity index (χ0v) is 16.3. The van der Waals surface area contributed by atoms with Gasteiger partial charge in [0.2, 0.25) is 0 Å². The molecule has 0 bridgehead atoms. The van der Waals surface area contributed by atoms with E-state index in [4.69, 9.17) is 4.98 Å². The van der Waals surface area contributed by atoms with E-state index in [1.54, 1.807) is 12.4 Å². The summed E-state index contributed by atoms with van der Waals surface area (Å²) in [5, 5.41) is 2.26. The minimum atomic E-state index is 0.783. The van der Waals surface area contributed by atoms with Gasteiger partial charge in [-0.1, -0.05) is 30.3 Å². The molecule has 0 N–H and O–H groups in total. The van der Waals surface area contributed by atoms with Crippen LogP contribution in [0.1, 0.15) is 16.1 Å². The van der Waals surface area contributed by atoms with Gasteiger partial charge in [-0.3, -0.25) is 9.88 Å². The van der Waals surface area contributed by atoms with Crippen LogP contribution in [0.3, 0.4) is 0 Å². The fourth-order valence-corrected chi connectivity index (χ4v) is 4.53. The van der Waals surface area contributed by atoms with E-state index < -0.39 is 0 Å². The normalized spacial score (nSPS) is 14.0. The molecule has 5 rings (SSSR count). The van der Waals surface area contributed by atoms with Crippen molar-refractivity contribution >= 4 is 11.3 Å². The molecule has 4 heterocycles. The molecule has 28 heavy (non-hydrogen) atoms. The van der Waals surface area contributed by atoms with Crippen LogP contribution in [0.5, 0.6) is 0 Å². The maximum Gasteiger partial charge on any atom is 0.159 e. The molecule has 0 fully saturated rings. The number of rotatable bonds is 4. The number of aromatic nitrogens is 3. The van der Waals surface area contributed by atoms with E-state index in [0.717, 1.165) is 43.1 Å². The van der Waals surface area contributed by atoms with Crippen LogP contribution < -0.4 is 0 Å². The molecule has 1 aromatic carbocycles. The van der Waals surface area contributed by atoms with E-state index in [0.29, 0.717) is 0 Å². The van der Waals surface area contributed by atoms with Crippen LogP contribution in [0.2, 0.25) is 0 Å². The summed E-state index contributed by atoms with van der Waals surface area (Å²) in [4.78, 5) is 17.4. The lowest BCUT2D eigenvalue weighted by Gasteiger charge is -2.27. The van der Waals surface area contributed by atoms with Crippen LogP contribution in [0.25, 0.3) is 22.5 Å². The van der Waals surface area contributed by atoms with Crippen molar-refractivity contribution in [3.05, 3.63) is 88.6 Å². The van der Waals surface area contributed by atoms with Crippen LogP contribution >= 0.6 is 11.3 Å². The van der Waals surface area contributed by atoms with Crippen LogP contribution in [0.15, 0.2) is 72.5 Å². The Balaban J connectivity index is 1.33. The average Bonchev–Trinajstić information content (AvgIpc) is 3.23. The first-order valence-electron chi connectivity index (χ1n) is 9.45. The molecule has 1 aliphatic heterocycles. The third-order valence-electron chi connectivity index (χ3n) is 5.10. The molecule has 138 valence electrons. The first-order chi connectivity index (χ1) is 13.8. The number of pyridine rings is 1. The molecule has 0 atom stereocenters. The lowest BCUT2D eigenvalue weighted by Crippen LogP contribution is -2.30. The predicted molar refractivity (Wildman–Crippen MR) is 113 cm³/mol. The van der Waals surface area contributed by atoms with Gasteiger partial charge < -0.3 is 0 Å². The van der Waals surface area contributed by atoms with Gasteiger partial charge in [0.25, 0.3) is 0 Å². The second-order valence-corrected chi connectivity index (χ2v) is 8.03. The van der Waals surface area contributed by atoms with Gasteiger partial charge in [0.05, 0.1) is 5.69 Å². The van der Waals surface area contributed by atoms with Gasteiger partial charge in [-0.25, -0.2) is 9.97 Å². The maximum absolute atomic E-state index is 4.85. The number of thiophene rings is 1. The number of fused-ring (bicyclic) bond motifs is 1. The van der Waals surface area contributed by atoms with E-state index >= 15 is 0 Å². The zero-order valence-electron chi connectivity index (χ0n) is 15.5. The Morgan fingerprint density at radius 1 is 0.964 bits per heavy atom. The highest BCUT2D eigenvalue weighted by Gasteiger charge is 2.19. The smallest absolute Gasteiger partial charge is 0.159 e. The van der Waals surface area contributed by atoms with Crippen LogP contribution in [-0.2, 0) is 19.5 Å². The van der Waals surface area contributed by atoms with E-state index in [9.17, 15) is 0 Å². The molecular weight excluding hydrogens is 364 g/mol. The van der Waals surface area contributed by atoms with Crippen LogP contribution in [0.4, 0.5) is 0 Å². The standard InChI is InChI=1S/C23H20N4S/c1-2-4-17(5-3-1)20-12-21(28-16-20)14-27-11-8-19-13-25-23(26-22(19)15-27)18-6-9-24-10-7-18/h1-7,9-10,12-13,16H,8,11,14-15H2. The van der Waals surface area contributed by atoms with Crippen molar-refractivity contribution < 1.29 is 0 Å². The van der Waals surface area contributed by atoms with Crippen molar-refractivity contribution in [2.24, 2.45) is 0 Å². The zero-order chi connectivity index (χ0) is 18.8. The molecule has 0 amide bonds. The number of benzene rings is 1. The molecule has 4 aromatic rings. The van der Waals surface area contributed by atoms with E-state index in [2.05, 4.69) is 56.6 Å². The van der Waals surface area contributed by atoms with Gasteiger partial charge in [-0.2, -0.15) is 0 Å². The largest absolute Gasteiger partial charge is 0.292 e. The van der Waals surface area contributed by atoms with Gasteiger partial charge in [-0.05, 0) is 46.7 Å². The molecule has 0 spiro atoms. The van der Waals surface area contributed by atoms with Gasteiger partial charge in [0.1, 0.15) is 0 Å². The van der Waals surface area contributed by atoms with E-state index in [-0.39, 0.29) is 0 Å². The first-order valence-corrected chi connectivity index (χ1v) is 10.3. The van der Waals surface area contributed by atoms with Gasteiger partial charge in [0.15, 0.2) is 5.82 Å². The molecule has 0 saturated carbocycles. The summed E-state index contributed by atoms with van der Waals surface area (Å²) in [6.07, 6.45) is 6.56. The summed E-state index contributed by atoms with van der Waals surface area (Å²) in [7, 11) is 0. The minimum absolute atomic E-state index is 0.783. The average molecular weight is 385 g/mol. The molecular formula is C23H20N4S. The Labute approximate surface area is 168 Å². The molecule has 0 aliphatic carbocycles. The van der Waals surface area contributed by atoms with Crippen molar-refractivity contribution in [3.8, 4) is 22.5 Å². The highest BCUT2D eigenvalue weighted by Crippen LogP contribution is 2.28. The van der Waals surface area contributed by atoms with Crippen molar-refractivity contribution in [1.82, 2.24) is 19.9 Å². The number of hydrogen-bond acceptors (Lipinski definition) is 5. The Bertz CT molecular complexity index is 1080. The second-order valence-electron chi connectivity index (χ2n) is 7.03. The van der Waals surface area contributed by atoms with Crippen molar-refractivity contribution in [2.45, 2.75) is 19.5 Å². The fourth-order valence-electron chi connectivity index (χ4n) is 3.60. The minimum Gasteiger partial charge on any atom is -0.292 e. The fraction of sp³-hybridized carbons (Fsp3) is 0.174. The summed E-state index contributed by atoms with van der Waals surface area (Å²) in [6, 6.07) is 16.8. The second kappa shape index (κ2) is 7.62. The molecule has 0 unspecified atom stereocenters. The maximum atomic E-state index is 4.85. The number of hydrogen-bond donors (Lipinski definition) is 0. The van der Waals surface area contributed by atoms with E-state index in [1.165, 1.54) is 21.6 Å². The summed E-state index contributed by atoms with van der Waals surface area (Å²) in [6.45, 7) is 2.88. The van der Waals surface area contributed by atoms with Gasteiger partial charge >= 0.3 is 0 Å². The Kier molecular flexibility index (Phi) is 4.69. The first kappa shape index (κ1) is 17.2. The lowest BCUT2D eigenvalue weighted by atomic mass is 10.1. The SMILES string of the molecule is c1ccc(-c2csc(CN3CCc4cnc(-c5ccncc5)nc4C3)c2)cc1. The highest BCUT2D eigenvalue weighted by molar-refractivity contribution is 7.10. The van der Waals surface area contributed by atoms with Crippen molar-refractivity contribution in [1.29, 1.82) is 0 Å². The Hall–Kier alpha value is -2.89. The highest BCUT2D eigenvalue weighted by atomic mass is 32.1. The van der Waals surface area contributed by atoms with Gasteiger partial charge in [0, 0.05) is 48.7 Å². The summed E-state index contributed by atoms with van der Waals surface area (Å²) >= 11 is 1.84. The predicted octanol–water partition coefficient (Wildman–Crippen LogP) is 4.83. The molecule has 0 saturated heterocycles. The lowest BCUT2D eigenvalue weighted by molar-refractivity contribution is 0.243. The van der Waals surface area contributed by atoms with Crippen LogP contribution in [-0.4, -0.2) is 26.4 Å². The summed E-state index contributed by atoms with van der Waals surface area (Å²) < 4.78 is 0. The summed E-state index contributed by atoms with van der Waals surface area (Å²) in [5.41, 5.74) is 6.02. The van der Waals surface area contributed by atoms with Crippen molar-refractivity contribution in [3.63, 3.8) is 0 Å². The molecule has 3 aromatic heterocycles. The quantitative estimate of drug-likeness (QED) is 0.506. The Morgan fingerprint density at radius 3 is 2.68 bits per heavy atom. The van der Waals surface area contributed by atoms with E-state index in [1.807, 2.05) is 29.7 Å². The van der Waals surface area contributed by atoms with Crippen molar-refractivity contribution in [2.75, 3.05) is 6.54 Å². The Morgan fingerprint density at radius 2 is 1.82 bits per heavy atom. The van der Waals surface area contributed by atoms with Gasteiger partial charge in [-0.15, -0.1) is 11.3 Å². The third-order valence-corrected chi connectivity index (χ3v) is 6.03. The van der Waals surface area contributed by atoms with Crippen LogP contribution in [0, 0.1) is 0 Å².